The van der Waals surface area contributed by atoms with Gasteiger partial charge in [-0.2, -0.15) is 5.26 Å². The molecule has 0 saturated carbocycles. The highest BCUT2D eigenvalue weighted by Gasteiger charge is 2.09. The standard InChI is InChI=1S/C21H25NO/c1-16(2)6-4-7-19-8-5-9-21(20(19)14-22)23-15-18-12-10-17(3)11-13-18/h5,8-13,16H,4,6-7,15H2,1-3H3. The first kappa shape index (κ1) is 17.1. The average Bonchev–Trinajstić information content (AvgIpc) is 2.54. The smallest absolute Gasteiger partial charge is 0.137 e. The Bertz CT molecular complexity index is 665. The zero-order valence-corrected chi connectivity index (χ0v) is 14.3. The summed E-state index contributed by atoms with van der Waals surface area (Å²) in [5.41, 5.74) is 4.13. The Balaban J connectivity index is 2.06. The topological polar surface area (TPSA) is 33.0 Å². The minimum atomic E-state index is 0.490. The Hall–Kier alpha value is -2.27. The third-order valence-electron chi connectivity index (χ3n) is 3.97. The van der Waals surface area contributed by atoms with Gasteiger partial charge in [-0.05, 0) is 42.9 Å². The predicted octanol–water partition coefficient (Wildman–Crippen LogP) is 5.42. The normalized spacial score (nSPS) is 10.6. The van der Waals surface area contributed by atoms with E-state index < -0.39 is 0 Å². The molecule has 2 aromatic rings. The van der Waals surface area contributed by atoms with Crippen molar-refractivity contribution >= 4 is 0 Å². The monoisotopic (exact) mass is 307 g/mol. The lowest BCUT2D eigenvalue weighted by Gasteiger charge is -2.12. The van der Waals surface area contributed by atoms with Gasteiger partial charge in [-0.25, -0.2) is 0 Å². The van der Waals surface area contributed by atoms with Gasteiger partial charge in [-0.1, -0.05) is 62.2 Å². The molecule has 0 saturated heterocycles. The average molecular weight is 307 g/mol. The Labute approximate surface area is 139 Å². The first-order valence-corrected chi connectivity index (χ1v) is 8.30. The summed E-state index contributed by atoms with van der Waals surface area (Å²) in [5.74, 6) is 1.39. The van der Waals surface area contributed by atoms with Crippen LogP contribution in [0, 0.1) is 24.2 Å². The molecule has 120 valence electrons. The van der Waals surface area contributed by atoms with Gasteiger partial charge in [0.1, 0.15) is 18.4 Å². The van der Waals surface area contributed by atoms with E-state index in [1.165, 1.54) is 12.0 Å². The number of nitriles is 1. The summed E-state index contributed by atoms with van der Waals surface area (Å²) < 4.78 is 5.90. The number of hydrogen-bond acceptors (Lipinski definition) is 2. The zero-order valence-electron chi connectivity index (χ0n) is 14.3. The first-order valence-electron chi connectivity index (χ1n) is 8.30. The van der Waals surface area contributed by atoms with Crippen LogP contribution in [-0.4, -0.2) is 0 Å². The van der Waals surface area contributed by atoms with Crippen LogP contribution in [0.5, 0.6) is 5.75 Å². The van der Waals surface area contributed by atoms with Gasteiger partial charge in [0, 0.05) is 0 Å². The molecule has 0 unspecified atom stereocenters. The third-order valence-corrected chi connectivity index (χ3v) is 3.97. The van der Waals surface area contributed by atoms with E-state index in [9.17, 15) is 5.26 Å². The van der Waals surface area contributed by atoms with Crippen LogP contribution in [0.15, 0.2) is 42.5 Å². The van der Waals surface area contributed by atoms with Gasteiger partial charge in [-0.3, -0.25) is 0 Å². The van der Waals surface area contributed by atoms with Crippen LogP contribution >= 0.6 is 0 Å². The fraction of sp³-hybridized carbons (Fsp3) is 0.381. The van der Waals surface area contributed by atoms with Crippen molar-refractivity contribution in [3.8, 4) is 11.8 Å². The van der Waals surface area contributed by atoms with Crippen molar-refractivity contribution in [3.05, 3.63) is 64.7 Å². The molecule has 0 fully saturated rings. The maximum Gasteiger partial charge on any atom is 0.137 e. The zero-order chi connectivity index (χ0) is 16.7. The molecule has 0 bridgehead atoms. The summed E-state index contributed by atoms with van der Waals surface area (Å²) in [6.45, 7) is 7.02. The van der Waals surface area contributed by atoms with Crippen molar-refractivity contribution in [2.45, 2.75) is 46.6 Å². The molecule has 0 radical (unpaired) electrons. The van der Waals surface area contributed by atoms with E-state index in [4.69, 9.17) is 4.74 Å². The molecular weight excluding hydrogens is 282 g/mol. The Morgan fingerprint density at radius 1 is 1.09 bits per heavy atom. The molecule has 2 aromatic carbocycles. The number of ether oxygens (including phenoxy) is 1. The largest absolute Gasteiger partial charge is 0.488 e. The van der Waals surface area contributed by atoms with Gasteiger partial charge < -0.3 is 4.74 Å². The maximum atomic E-state index is 9.51. The molecule has 0 aliphatic rings. The number of aryl methyl sites for hydroxylation is 2. The number of hydrogen-bond donors (Lipinski definition) is 0. The van der Waals surface area contributed by atoms with Crippen molar-refractivity contribution in [3.63, 3.8) is 0 Å². The quantitative estimate of drug-likeness (QED) is 0.684. The lowest BCUT2D eigenvalue weighted by molar-refractivity contribution is 0.305. The fourth-order valence-electron chi connectivity index (χ4n) is 2.58. The molecule has 0 spiro atoms. The molecule has 0 aromatic heterocycles. The second-order valence-corrected chi connectivity index (χ2v) is 6.46. The molecule has 0 aliphatic heterocycles. The van der Waals surface area contributed by atoms with Gasteiger partial charge in [0.15, 0.2) is 0 Å². The van der Waals surface area contributed by atoms with Gasteiger partial charge in [0.2, 0.25) is 0 Å². The summed E-state index contributed by atoms with van der Waals surface area (Å²) >= 11 is 0. The summed E-state index contributed by atoms with van der Waals surface area (Å²) in [5, 5.41) is 9.51. The number of nitrogens with zero attached hydrogens (tertiary/aromatic N) is 1. The lowest BCUT2D eigenvalue weighted by Crippen LogP contribution is -2.00. The third kappa shape index (κ3) is 5.14. The Morgan fingerprint density at radius 2 is 1.83 bits per heavy atom. The van der Waals surface area contributed by atoms with Crippen molar-refractivity contribution in [2.75, 3.05) is 0 Å². The molecule has 0 atom stereocenters. The summed E-state index contributed by atoms with van der Waals surface area (Å²) in [4.78, 5) is 0. The lowest BCUT2D eigenvalue weighted by atomic mass is 9.99. The van der Waals surface area contributed by atoms with E-state index in [1.54, 1.807) is 0 Å². The van der Waals surface area contributed by atoms with E-state index in [-0.39, 0.29) is 0 Å². The molecule has 0 aliphatic carbocycles. The summed E-state index contributed by atoms with van der Waals surface area (Å²) in [6, 6.07) is 16.5. The molecule has 2 nitrogen and oxygen atoms in total. The summed E-state index contributed by atoms with van der Waals surface area (Å²) in [7, 11) is 0. The molecule has 0 N–H and O–H groups in total. The van der Waals surface area contributed by atoms with Gasteiger partial charge in [0.25, 0.3) is 0 Å². The van der Waals surface area contributed by atoms with E-state index in [1.807, 2.05) is 18.2 Å². The van der Waals surface area contributed by atoms with E-state index in [0.717, 1.165) is 24.0 Å². The second kappa shape index (κ2) is 8.39. The van der Waals surface area contributed by atoms with Gasteiger partial charge >= 0.3 is 0 Å². The van der Waals surface area contributed by atoms with Gasteiger partial charge in [0.05, 0.1) is 5.56 Å². The molecule has 23 heavy (non-hydrogen) atoms. The molecule has 0 amide bonds. The number of benzene rings is 2. The van der Waals surface area contributed by atoms with Crippen molar-refractivity contribution in [2.24, 2.45) is 5.92 Å². The van der Waals surface area contributed by atoms with Crippen LogP contribution in [0.3, 0.4) is 0 Å². The predicted molar refractivity (Wildman–Crippen MR) is 94.4 cm³/mol. The minimum Gasteiger partial charge on any atom is -0.488 e. The Kier molecular flexibility index (Phi) is 6.23. The van der Waals surface area contributed by atoms with Gasteiger partial charge in [-0.15, -0.1) is 0 Å². The highest BCUT2D eigenvalue weighted by atomic mass is 16.5. The fourth-order valence-corrected chi connectivity index (χ4v) is 2.58. The van der Waals surface area contributed by atoms with E-state index >= 15 is 0 Å². The first-order chi connectivity index (χ1) is 11.1. The van der Waals surface area contributed by atoms with Crippen LogP contribution in [0.2, 0.25) is 0 Å². The highest BCUT2D eigenvalue weighted by Crippen LogP contribution is 2.24. The van der Waals surface area contributed by atoms with Crippen molar-refractivity contribution < 1.29 is 4.74 Å². The van der Waals surface area contributed by atoms with Crippen LogP contribution in [0.4, 0.5) is 0 Å². The summed E-state index contributed by atoms with van der Waals surface area (Å²) in [6.07, 6.45) is 3.22. The maximum absolute atomic E-state index is 9.51. The van der Waals surface area contributed by atoms with Crippen LogP contribution in [0.1, 0.15) is 48.9 Å². The molecular formula is C21H25NO. The highest BCUT2D eigenvalue weighted by molar-refractivity contribution is 5.49. The number of rotatable bonds is 7. The van der Waals surface area contributed by atoms with Crippen molar-refractivity contribution in [1.82, 2.24) is 0 Å². The van der Waals surface area contributed by atoms with Crippen LogP contribution in [0.25, 0.3) is 0 Å². The molecule has 2 heteroatoms. The molecule has 0 heterocycles. The minimum absolute atomic E-state index is 0.490. The van der Waals surface area contributed by atoms with E-state index in [2.05, 4.69) is 51.1 Å². The van der Waals surface area contributed by atoms with E-state index in [0.29, 0.717) is 23.8 Å². The van der Waals surface area contributed by atoms with Crippen molar-refractivity contribution in [1.29, 1.82) is 5.26 Å². The van der Waals surface area contributed by atoms with Crippen LogP contribution in [-0.2, 0) is 13.0 Å². The van der Waals surface area contributed by atoms with Crippen LogP contribution < -0.4 is 4.74 Å². The SMILES string of the molecule is Cc1ccc(COc2cccc(CCCC(C)C)c2C#N)cc1. The molecule has 2 rings (SSSR count). The Morgan fingerprint density at radius 3 is 2.48 bits per heavy atom. The second-order valence-electron chi connectivity index (χ2n) is 6.46.